The zero-order valence-corrected chi connectivity index (χ0v) is 21.5. The maximum atomic E-state index is 10.0. The van der Waals surface area contributed by atoms with E-state index in [1.807, 2.05) is 36.4 Å². The lowest BCUT2D eigenvalue weighted by atomic mass is 10.1. The first-order chi connectivity index (χ1) is 17.7. The van der Waals surface area contributed by atoms with E-state index in [-0.39, 0.29) is 0 Å². The summed E-state index contributed by atoms with van der Waals surface area (Å²) in [5, 5.41) is 20.0. The molecule has 2 aliphatic rings. The van der Waals surface area contributed by atoms with E-state index in [9.17, 15) is 10.2 Å². The second-order valence-corrected chi connectivity index (χ2v) is 9.96. The monoisotopic (exact) mass is 490 g/mol. The van der Waals surface area contributed by atoms with Gasteiger partial charge in [-0.05, 0) is 37.1 Å². The summed E-state index contributed by atoms with van der Waals surface area (Å²) in [6.07, 6.45) is 21.5. The Morgan fingerprint density at radius 1 is 0.472 bits per heavy atom. The van der Waals surface area contributed by atoms with Crippen LogP contribution in [0.25, 0.3) is 0 Å². The number of para-hydroxylation sites is 4. The van der Waals surface area contributed by atoms with Crippen LogP contribution in [-0.2, 0) is 0 Å². The van der Waals surface area contributed by atoms with E-state index in [4.69, 9.17) is 0 Å². The summed E-state index contributed by atoms with van der Waals surface area (Å²) < 4.78 is 0. The summed E-state index contributed by atoms with van der Waals surface area (Å²) in [5.74, 6) is 0.676. The molecule has 2 N–H and O–H groups in total. The highest BCUT2D eigenvalue weighted by Crippen LogP contribution is 2.30. The van der Waals surface area contributed by atoms with Crippen LogP contribution < -0.4 is 9.80 Å². The topological polar surface area (TPSA) is 53.4 Å². The van der Waals surface area contributed by atoms with Crippen molar-refractivity contribution in [3.05, 3.63) is 73.3 Å². The fourth-order valence-corrected chi connectivity index (χ4v) is 4.99. The van der Waals surface area contributed by atoms with Crippen molar-refractivity contribution in [3.63, 3.8) is 0 Å². The maximum absolute atomic E-state index is 10.0. The Balaban J connectivity index is 0.939. The normalized spacial score (nSPS) is 15.0. The molecule has 0 spiro atoms. The summed E-state index contributed by atoms with van der Waals surface area (Å²) in [6.45, 7) is 3.80. The van der Waals surface area contributed by atoms with Gasteiger partial charge in [-0.2, -0.15) is 0 Å². The highest BCUT2D eigenvalue weighted by Gasteiger charge is 2.16. The van der Waals surface area contributed by atoms with Crippen molar-refractivity contribution in [2.24, 2.45) is 0 Å². The molecule has 2 aromatic carbocycles. The van der Waals surface area contributed by atoms with E-state index in [1.165, 1.54) is 64.2 Å². The lowest BCUT2D eigenvalue weighted by molar-refractivity contribution is 0.383. The second-order valence-electron chi connectivity index (χ2n) is 9.96. The summed E-state index contributed by atoms with van der Waals surface area (Å²) in [4.78, 5) is 8.85. The van der Waals surface area contributed by atoms with Gasteiger partial charge in [-0.1, -0.05) is 75.6 Å². The minimum Gasteiger partial charge on any atom is -0.506 e. The van der Waals surface area contributed by atoms with Gasteiger partial charge in [0, 0.05) is 37.9 Å². The van der Waals surface area contributed by atoms with Crippen LogP contribution in [0.1, 0.15) is 64.2 Å². The van der Waals surface area contributed by atoms with Gasteiger partial charge in [-0.3, -0.25) is 0 Å². The molecule has 6 heteroatoms. The molecule has 0 aromatic heterocycles. The van der Waals surface area contributed by atoms with Crippen LogP contribution in [0, 0.1) is 0 Å². The molecular formula is C30H42N4O2. The van der Waals surface area contributed by atoms with Crippen molar-refractivity contribution in [3.8, 4) is 11.5 Å². The summed E-state index contributed by atoms with van der Waals surface area (Å²) >= 11 is 0. The lowest BCUT2D eigenvalue weighted by Crippen LogP contribution is -2.25. The van der Waals surface area contributed by atoms with Crippen LogP contribution in [0.2, 0.25) is 0 Å². The molecule has 2 aliphatic heterocycles. The zero-order valence-electron chi connectivity index (χ0n) is 21.5. The number of benzene rings is 2. The molecule has 0 bridgehead atoms. The number of rotatable bonds is 15. The number of unbranched alkanes of at least 4 members (excludes halogenated alkanes) is 9. The molecule has 0 atom stereocenters. The van der Waals surface area contributed by atoms with Crippen LogP contribution in [0.5, 0.6) is 11.5 Å². The SMILES string of the molecule is Oc1ccccc1N1C=CN(CCCCCCCCCCCCN2C=CN(c3ccccc3O)C2)C1. The number of hydrogen-bond acceptors (Lipinski definition) is 6. The van der Waals surface area contributed by atoms with Gasteiger partial charge in [0.2, 0.25) is 0 Å². The number of phenolic OH excluding ortho intramolecular Hbond substituents is 2. The third-order valence-corrected chi connectivity index (χ3v) is 7.11. The van der Waals surface area contributed by atoms with E-state index in [1.54, 1.807) is 12.1 Å². The van der Waals surface area contributed by atoms with Gasteiger partial charge < -0.3 is 29.8 Å². The lowest BCUT2D eigenvalue weighted by Gasteiger charge is -2.22. The van der Waals surface area contributed by atoms with Gasteiger partial charge in [0.15, 0.2) is 0 Å². The molecule has 0 unspecified atom stereocenters. The highest BCUT2D eigenvalue weighted by molar-refractivity contribution is 5.60. The van der Waals surface area contributed by atoms with Gasteiger partial charge in [0.05, 0.1) is 24.7 Å². The molecule has 4 rings (SSSR count). The van der Waals surface area contributed by atoms with E-state index >= 15 is 0 Å². The predicted molar refractivity (Wildman–Crippen MR) is 149 cm³/mol. The molecule has 2 heterocycles. The number of phenols is 2. The zero-order chi connectivity index (χ0) is 25.0. The van der Waals surface area contributed by atoms with Crippen LogP contribution in [0.15, 0.2) is 73.3 Å². The van der Waals surface area contributed by atoms with Crippen molar-refractivity contribution in [1.29, 1.82) is 0 Å². The van der Waals surface area contributed by atoms with Gasteiger partial charge in [-0.25, -0.2) is 0 Å². The molecule has 0 fully saturated rings. The Hall–Kier alpha value is -3.28. The molecular weight excluding hydrogens is 448 g/mol. The number of anilines is 2. The Kier molecular flexibility index (Phi) is 9.83. The minimum atomic E-state index is 0.338. The minimum absolute atomic E-state index is 0.338. The second kappa shape index (κ2) is 13.7. The van der Waals surface area contributed by atoms with E-state index < -0.39 is 0 Å². The van der Waals surface area contributed by atoms with Gasteiger partial charge in [0.1, 0.15) is 11.5 Å². The van der Waals surface area contributed by atoms with Crippen LogP contribution in [-0.4, -0.2) is 46.4 Å². The third kappa shape index (κ3) is 7.61. The molecule has 194 valence electrons. The Morgan fingerprint density at radius 2 is 0.833 bits per heavy atom. The van der Waals surface area contributed by atoms with Crippen molar-refractivity contribution in [2.75, 3.05) is 36.2 Å². The predicted octanol–water partition coefficient (Wildman–Crippen LogP) is 6.80. The van der Waals surface area contributed by atoms with Gasteiger partial charge in [-0.15, -0.1) is 0 Å². The van der Waals surface area contributed by atoms with Crippen molar-refractivity contribution < 1.29 is 10.2 Å². The van der Waals surface area contributed by atoms with Gasteiger partial charge in [0.25, 0.3) is 0 Å². The average molecular weight is 491 g/mol. The number of nitrogens with zero attached hydrogens (tertiary/aromatic N) is 4. The quantitative estimate of drug-likeness (QED) is 0.268. The smallest absolute Gasteiger partial charge is 0.139 e. The molecule has 0 saturated heterocycles. The molecule has 0 radical (unpaired) electrons. The Bertz CT molecular complexity index is 913. The van der Waals surface area contributed by atoms with E-state index in [0.717, 1.165) is 37.8 Å². The van der Waals surface area contributed by atoms with Crippen LogP contribution in [0.3, 0.4) is 0 Å². The fraction of sp³-hybridized carbons (Fsp3) is 0.467. The van der Waals surface area contributed by atoms with Crippen molar-refractivity contribution in [2.45, 2.75) is 64.2 Å². The summed E-state index contributed by atoms with van der Waals surface area (Å²) in [5.41, 5.74) is 1.75. The molecule has 2 aromatic rings. The van der Waals surface area contributed by atoms with Crippen molar-refractivity contribution in [1.82, 2.24) is 9.80 Å². The molecule has 6 nitrogen and oxygen atoms in total. The molecule has 0 amide bonds. The first kappa shape index (κ1) is 25.8. The number of hydrogen-bond donors (Lipinski definition) is 2. The summed E-state index contributed by atoms with van der Waals surface area (Å²) in [7, 11) is 0. The molecule has 36 heavy (non-hydrogen) atoms. The van der Waals surface area contributed by atoms with Crippen LogP contribution >= 0.6 is 0 Å². The summed E-state index contributed by atoms with van der Waals surface area (Å²) in [6, 6.07) is 15.0. The first-order valence-corrected chi connectivity index (χ1v) is 13.6. The third-order valence-electron chi connectivity index (χ3n) is 7.11. The highest BCUT2D eigenvalue weighted by atomic mass is 16.3. The standard InChI is InChI=1S/C30H42N4O2/c35-29-17-11-9-15-27(29)33-23-21-31(25-33)19-13-7-5-3-1-2-4-6-8-14-20-32-22-24-34(26-32)28-16-10-12-18-30(28)36/h9-12,15-18,21-24,35-36H,1-8,13-14,19-20,25-26H2. The molecule has 0 aliphatic carbocycles. The largest absolute Gasteiger partial charge is 0.506 e. The first-order valence-electron chi connectivity index (χ1n) is 13.6. The van der Waals surface area contributed by atoms with Crippen LogP contribution in [0.4, 0.5) is 11.4 Å². The molecule has 0 saturated carbocycles. The van der Waals surface area contributed by atoms with E-state index in [0.29, 0.717) is 11.5 Å². The number of aromatic hydroxyl groups is 2. The maximum Gasteiger partial charge on any atom is 0.139 e. The fourth-order valence-electron chi connectivity index (χ4n) is 4.99. The van der Waals surface area contributed by atoms with Crippen molar-refractivity contribution >= 4 is 11.4 Å². The Morgan fingerprint density at radius 3 is 1.22 bits per heavy atom. The van der Waals surface area contributed by atoms with Gasteiger partial charge >= 0.3 is 0 Å². The van der Waals surface area contributed by atoms with E-state index in [2.05, 4.69) is 44.4 Å². The Labute approximate surface area is 216 Å². The average Bonchev–Trinajstić information content (AvgIpc) is 3.55.